The van der Waals surface area contributed by atoms with Crippen LogP contribution in [-0.4, -0.2) is 41.3 Å². The molecular formula is C21H21N3O4S. The number of rotatable bonds is 6. The van der Waals surface area contributed by atoms with Gasteiger partial charge < -0.3 is 10.1 Å². The molecule has 3 aliphatic rings. The fourth-order valence-electron chi connectivity index (χ4n) is 4.85. The number of benzene rings is 1. The van der Waals surface area contributed by atoms with Crippen molar-refractivity contribution in [3.63, 3.8) is 0 Å². The van der Waals surface area contributed by atoms with Crippen molar-refractivity contribution < 1.29 is 19.1 Å². The van der Waals surface area contributed by atoms with Crippen LogP contribution in [0.15, 0.2) is 30.4 Å². The first-order chi connectivity index (χ1) is 14.0. The highest BCUT2D eigenvalue weighted by atomic mass is 32.1. The van der Waals surface area contributed by atoms with Gasteiger partial charge in [-0.25, -0.2) is 4.98 Å². The van der Waals surface area contributed by atoms with Crippen molar-refractivity contribution in [2.75, 3.05) is 19.0 Å². The van der Waals surface area contributed by atoms with Gasteiger partial charge in [0.25, 0.3) is 0 Å². The first kappa shape index (κ1) is 18.3. The van der Waals surface area contributed by atoms with Crippen molar-refractivity contribution in [1.29, 1.82) is 0 Å². The molecule has 0 radical (unpaired) electrons. The van der Waals surface area contributed by atoms with Crippen LogP contribution in [0.4, 0.5) is 5.13 Å². The lowest BCUT2D eigenvalue weighted by atomic mass is 9.85. The Kier molecular flexibility index (Phi) is 4.38. The highest BCUT2D eigenvalue weighted by Crippen LogP contribution is 2.52. The number of hydrogen-bond acceptors (Lipinski definition) is 6. The maximum absolute atomic E-state index is 12.7. The standard InChI is InChI=1S/C21H21N3O4S/c1-28-13-6-7-14-15(10-13)29-21(22-14)23-16(25)3-2-8-24-19(26)17-11-4-5-12(9-11)18(17)20(24)27/h4-7,10-12,17-18H,2-3,8-9H2,1H3,(H,22,23,25). The molecular weight excluding hydrogens is 390 g/mol. The average Bonchev–Trinajstić information content (AvgIpc) is 3.46. The summed E-state index contributed by atoms with van der Waals surface area (Å²) in [5.74, 6) is 0.538. The second-order valence-electron chi connectivity index (χ2n) is 7.83. The first-order valence-corrected chi connectivity index (χ1v) is 10.6. The number of aromatic nitrogens is 1. The number of methoxy groups -OCH3 is 1. The summed E-state index contributed by atoms with van der Waals surface area (Å²) in [6.45, 7) is 0.300. The molecule has 150 valence electrons. The SMILES string of the molecule is COc1ccc2nc(NC(=O)CCCN3C(=O)C4C5C=CC(C5)C4C3=O)sc2c1. The summed E-state index contributed by atoms with van der Waals surface area (Å²) in [7, 11) is 1.61. The van der Waals surface area contributed by atoms with E-state index in [1.54, 1.807) is 7.11 Å². The van der Waals surface area contributed by atoms with Crippen LogP contribution in [0.2, 0.25) is 0 Å². The Hall–Kier alpha value is -2.74. The van der Waals surface area contributed by atoms with Gasteiger partial charge in [-0.05, 0) is 42.9 Å². The molecule has 5 rings (SSSR count). The van der Waals surface area contributed by atoms with E-state index >= 15 is 0 Å². The number of thiazole rings is 1. The number of likely N-dealkylation sites (tertiary alicyclic amines) is 1. The number of fused-ring (bicyclic) bond motifs is 6. The molecule has 4 unspecified atom stereocenters. The number of allylic oxidation sites excluding steroid dienone is 2. The van der Waals surface area contributed by atoms with E-state index in [1.165, 1.54) is 16.2 Å². The zero-order valence-electron chi connectivity index (χ0n) is 16.0. The molecule has 1 aliphatic heterocycles. The number of nitrogens with one attached hydrogen (secondary N) is 1. The molecule has 1 saturated heterocycles. The van der Waals surface area contributed by atoms with Gasteiger partial charge in [0.1, 0.15) is 5.75 Å². The van der Waals surface area contributed by atoms with Crippen molar-refractivity contribution in [2.24, 2.45) is 23.7 Å². The molecule has 1 aromatic heterocycles. The summed E-state index contributed by atoms with van der Waals surface area (Å²) in [6.07, 6.45) is 5.78. The Labute approximate surface area is 171 Å². The number of imide groups is 1. The number of nitrogens with zero attached hydrogens (tertiary/aromatic N) is 2. The number of anilines is 1. The van der Waals surface area contributed by atoms with Gasteiger partial charge in [-0.3, -0.25) is 19.3 Å². The molecule has 8 heteroatoms. The van der Waals surface area contributed by atoms with E-state index in [0.29, 0.717) is 18.1 Å². The summed E-state index contributed by atoms with van der Waals surface area (Å²) in [5.41, 5.74) is 0.800. The molecule has 7 nitrogen and oxygen atoms in total. The number of ether oxygens (including phenoxy) is 1. The molecule has 1 N–H and O–H groups in total. The van der Waals surface area contributed by atoms with Gasteiger partial charge in [0.05, 0.1) is 29.2 Å². The molecule has 2 bridgehead atoms. The molecule has 1 saturated carbocycles. The topological polar surface area (TPSA) is 88.6 Å². The van der Waals surface area contributed by atoms with E-state index in [0.717, 1.165) is 22.4 Å². The predicted octanol–water partition coefficient (Wildman–Crippen LogP) is 2.83. The van der Waals surface area contributed by atoms with E-state index in [9.17, 15) is 14.4 Å². The van der Waals surface area contributed by atoms with Gasteiger partial charge in [-0.1, -0.05) is 23.5 Å². The molecule has 2 aromatic rings. The second-order valence-corrected chi connectivity index (χ2v) is 8.86. The second kappa shape index (κ2) is 6.95. The van der Waals surface area contributed by atoms with Crippen LogP contribution in [0.3, 0.4) is 0 Å². The van der Waals surface area contributed by atoms with Gasteiger partial charge in [0.2, 0.25) is 17.7 Å². The first-order valence-electron chi connectivity index (χ1n) is 9.83. The van der Waals surface area contributed by atoms with Crippen LogP contribution >= 0.6 is 11.3 Å². The molecule has 3 amide bonds. The normalized spacial score (nSPS) is 27.1. The molecule has 0 spiro atoms. The van der Waals surface area contributed by atoms with Crippen LogP contribution in [0, 0.1) is 23.7 Å². The van der Waals surface area contributed by atoms with E-state index in [1.807, 2.05) is 18.2 Å². The fraction of sp³-hybridized carbons (Fsp3) is 0.429. The summed E-state index contributed by atoms with van der Waals surface area (Å²) < 4.78 is 6.14. The lowest BCUT2D eigenvalue weighted by Gasteiger charge is -2.16. The van der Waals surface area contributed by atoms with Crippen molar-refractivity contribution >= 4 is 44.4 Å². The Morgan fingerprint density at radius 1 is 1.24 bits per heavy atom. The maximum atomic E-state index is 12.7. The summed E-state index contributed by atoms with van der Waals surface area (Å²) in [5, 5.41) is 3.34. The minimum atomic E-state index is -0.175. The molecule has 2 aliphatic carbocycles. The van der Waals surface area contributed by atoms with Crippen LogP contribution < -0.4 is 10.1 Å². The number of carbonyl (C=O) groups is 3. The number of carbonyl (C=O) groups excluding carboxylic acids is 3. The third-order valence-corrected chi connectivity index (χ3v) is 7.12. The third-order valence-electron chi connectivity index (χ3n) is 6.19. The van der Waals surface area contributed by atoms with E-state index in [-0.39, 0.29) is 47.8 Å². The highest BCUT2D eigenvalue weighted by molar-refractivity contribution is 7.22. The van der Waals surface area contributed by atoms with Crippen LogP contribution in [0.5, 0.6) is 5.75 Å². The van der Waals surface area contributed by atoms with Crippen LogP contribution in [-0.2, 0) is 14.4 Å². The Balaban J connectivity index is 1.16. The third kappa shape index (κ3) is 3.02. The summed E-state index contributed by atoms with van der Waals surface area (Å²) in [4.78, 5) is 43.4. The molecule has 29 heavy (non-hydrogen) atoms. The van der Waals surface area contributed by atoms with E-state index < -0.39 is 0 Å². The Morgan fingerprint density at radius 3 is 2.66 bits per heavy atom. The van der Waals surface area contributed by atoms with Crippen LogP contribution in [0.25, 0.3) is 10.2 Å². The minimum absolute atomic E-state index is 0.0580. The smallest absolute Gasteiger partial charge is 0.233 e. The molecule has 1 aromatic carbocycles. The van der Waals surface area contributed by atoms with Gasteiger partial charge in [0.15, 0.2) is 5.13 Å². The van der Waals surface area contributed by atoms with Crippen molar-refractivity contribution in [3.05, 3.63) is 30.4 Å². The lowest BCUT2D eigenvalue weighted by molar-refractivity contribution is -0.141. The quantitative estimate of drug-likeness (QED) is 0.583. The highest BCUT2D eigenvalue weighted by Gasteiger charge is 2.58. The average molecular weight is 411 g/mol. The summed E-state index contributed by atoms with van der Waals surface area (Å²) in [6, 6.07) is 5.56. The largest absolute Gasteiger partial charge is 0.497 e. The van der Waals surface area contributed by atoms with Gasteiger partial charge in [-0.2, -0.15) is 0 Å². The van der Waals surface area contributed by atoms with Gasteiger partial charge in [0, 0.05) is 13.0 Å². The Morgan fingerprint density at radius 2 is 1.97 bits per heavy atom. The predicted molar refractivity (Wildman–Crippen MR) is 108 cm³/mol. The van der Waals surface area contributed by atoms with Gasteiger partial charge in [-0.15, -0.1) is 0 Å². The van der Waals surface area contributed by atoms with Crippen LogP contribution in [0.1, 0.15) is 19.3 Å². The van der Waals surface area contributed by atoms with E-state index in [2.05, 4.69) is 22.5 Å². The molecule has 4 atom stereocenters. The van der Waals surface area contributed by atoms with E-state index in [4.69, 9.17) is 4.74 Å². The Bertz CT molecular complexity index is 1020. The monoisotopic (exact) mass is 411 g/mol. The fourth-order valence-corrected chi connectivity index (χ4v) is 5.76. The minimum Gasteiger partial charge on any atom is -0.497 e. The molecule has 2 heterocycles. The van der Waals surface area contributed by atoms with Crippen molar-refractivity contribution in [1.82, 2.24) is 9.88 Å². The molecule has 2 fully saturated rings. The van der Waals surface area contributed by atoms with Gasteiger partial charge >= 0.3 is 0 Å². The zero-order chi connectivity index (χ0) is 20.1. The number of amides is 3. The summed E-state index contributed by atoms with van der Waals surface area (Å²) >= 11 is 1.38. The van der Waals surface area contributed by atoms with Crippen molar-refractivity contribution in [3.8, 4) is 5.75 Å². The maximum Gasteiger partial charge on any atom is 0.233 e. The lowest BCUT2D eigenvalue weighted by Crippen LogP contribution is -2.34. The van der Waals surface area contributed by atoms with Crippen molar-refractivity contribution in [2.45, 2.75) is 19.3 Å². The number of hydrogen-bond donors (Lipinski definition) is 1. The zero-order valence-corrected chi connectivity index (χ0v) is 16.8.